The average Bonchev–Trinajstić information content (AvgIpc) is 2.77. The quantitative estimate of drug-likeness (QED) is 0.825. The number of hydrogen-bond acceptors (Lipinski definition) is 5. The Bertz CT molecular complexity index is 409. The third-order valence-electron chi connectivity index (χ3n) is 3.18. The normalized spacial score (nSPS) is 13.8. The van der Waals surface area contributed by atoms with Gasteiger partial charge < -0.3 is 20.3 Å². The van der Waals surface area contributed by atoms with E-state index in [9.17, 15) is 4.79 Å². The monoisotopic (exact) mass is 291 g/mol. The number of methoxy groups -OCH3 is 1. The smallest absolute Gasteiger partial charge is 0.273 e. The number of hydrogen-bond donors (Lipinski definition) is 2. The highest BCUT2D eigenvalue weighted by Gasteiger charge is 2.29. The fourth-order valence-electron chi connectivity index (χ4n) is 1.38. The molecule has 1 amide bonds. The van der Waals surface area contributed by atoms with E-state index in [0.29, 0.717) is 18.9 Å². The fourth-order valence-corrected chi connectivity index (χ4v) is 1.38. The molecule has 1 unspecified atom stereocenters. The summed E-state index contributed by atoms with van der Waals surface area (Å²) in [6.45, 7) is 6.57. The van der Waals surface area contributed by atoms with Crippen LogP contribution in [-0.2, 0) is 11.3 Å². The Labute approximate surface area is 119 Å². The molecule has 0 aliphatic heterocycles. The maximum absolute atomic E-state index is 12.0. The van der Waals surface area contributed by atoms with E-state index in [1.165, 1.54) is 0 Å². The van der Waals surface area contributed by atoms with Crippen LogP contribution < -0.4 is 11.1 Å². The van der Waals surface area contributed by atoms with Crippen LogP contribution in [0.4, 0.5) is 0 Å². The molecular formula is C12H22ClN3O3. The number of rotatable bonds is 6. The van der Waals surface area contributed by atoms with Gasteiger partial charge in [-0.25, -0.2) is 0 Å². The van der Waals surface area contributed by atoms with Gasteiger partial charge in [0, 0.05) is 19.7 Å². The van der Waals surface area contributed by atoms with Gasteiger partial charge in [0.1, 0.15) is 6.61 Å². The highest BCUT2D eigenvalue weighted by Crippen LogP contribution is 2.16. The van der Waals surface area contributed by atoms with Crippen LogP contribution in [0.1, 0.15) is 37.0 Å². The first-order chi connectivity index (χ1) is 8.42. The Hall–Kier alpha value is -1.11. The molecule has 0 spiro atoms. The van der Waals surface area contributed by atoms with Crippen molar-refractivity contribution < 1.29 is 14.1 Å². The van der Waals surface area contributed by atoms with Crippen LogP contribution >= 0.6 is 12.4 Å². The number of nitrogens with one attached hydrogen (secondary N) is 1. The second kappa shape index (κ2) is 7.47. The predicted octanol–water partition coefficient (Wildman–Crippen LogP) is 1.35. The summed E-state index contributed by atoms with van der Waals surface area (Å²) >= 11 is 0. The van der Waals surface area contributed by atoms with E-state index in [4.69, 9.17) is 15.0 Å². The van der Waals surface area contributed by atoms with Crippen molar-refractivity contribution in [3.63, 3.8) is 0 Å². The maximum Gasteiger partial charge on any atom is 0.273 e. The van der Waals surface area contributed by atoms with Gasteiger partial charge in [0.25, 0.3) is 5.91 Å². The second-order valence-electron chi connectivity index (χ2n) is 4.84. The highest BCUT2D eigenvalue weighted by molar-refractivity contribution is 5.92. The van der Waals surface area contributed by atoms with Crippen molar-refractivity contribution in [3.8, 4) is 0 Å². The number of nitrogens with zero attached hydrogens (tertiary/aromatic N) is 1. The molecule has 3 N–H and O–H groups in total. The van der Waals surface area contributed by atoms with Gasteiger partial charge in [-0.05, 0) is 12.8 Å². The fraction of sp³-hybridized carbons (Fsp3) is 0.667. The molecular weight excluding hydrogens is 270 g/mol. The number of halogens is 1. The number of aromatic nitrogens is 1. The molecule has 0 aliphatic carbocycles. The molecule has 0 radical (unpaired) electrons. The van der Waals surface area contributed by atoms with E-state index in [0.717, 1.165) is 0 Å². The zero-order valence-electron chi connectivity index (χ0n) is 11.7. The summed E-state index contributed by atoms with van der Waals surface area (Å²) in [5.41, 5.74) is 5.49. The lowest BCUT2D eigenvalue weighted by molar-refractivity contribution is 0.0873. The van der Waals surface area contributed by atoms with Crippen LogP contribution in [0, 0.1) is 5.92 Å². The summed E-state index contributed by atoms with van der Waals surface area (Å²) in [5.74, 6) is 0.446. The second-order valence-corrected chi connectivity index (χ2v) is 4.84. The van der Waals surface area contributed by atoms with Gasteiger partial charge >= 0.3 is 0 Å². The molecule has 0 bridgehead atoms. The van der Waals surface area contributed by atoms with E-state index < -0.39 is 5.54 Å². The summed E-state index contributed by atoms with van der Waals surface area (Å²) in [6, 6.07) is 1.57. The minimum Gasteiger partial charge on any atom is -0.377 e. The summed E-state index contributed by atoms with van der Waals surface area (Å²) in [5, 5.41) is 6.59. The van der Waals surface area contributed by atoms with Crippen molar-refractivity contribution >= 4 is 18.3 Å². The topological polar surface area (TPSA) is 90.4 Å². The largest absolute Gasteiger partial charge is 0.377 e. The Morgan fingerprint density at radius 1 is 1.63 bits per heavy atom. The van der Waals surface area contributed by atoms with E-state index >= 15 is 0 Å². The van der Waals surface area contributed by atoms with E-state index in [1.807, 2.05) is 20.8 Å². The lowest BCUT2D eigenvalue weighted by Gasteiger charge is -2.33. The third kappa shape index (κ3) is 4.49. The first-order valence-corrected chi connectivity index (χ1v) is 5.90. The number of carbonyl (C=O) groups is 1. The molecule has 1 aromatic heterocycles. The Balaban J connectivity index is 0.00000324. The predicted molar refractivity (Wildman–Crippen MR) is 74.2 cm³/mol. The molecule has 0 fully saturated rings. The number of amides is 1. The third-order valence-corrected chi connectivity index (χ3v) is 3.18. The van der Waals surface area contributed by atoms with Gasteiger partial charge in [0.2, 0.25) is 0 Å². The lowest BCUT2D eigenvalue weighted by Crippen LogP contribution is -2.55. The van der Waals surface area contributed by atoms with E-state index in [-0.39, 0.29) is 29.9 Å². The number of carbonyl (C=O) groups excluding carboxylic acids is 1. The molecule has 7 heteroatoms. The Kier molecular flexibility index (Phi) is 7.04. The van der Waals surface area contributed by atoms with Gasteiger partial charge in [0.05, 0.1) is 5.54 Å². The van der Waals surface area contributed by atoms with Crippen LogP contribution in [0.25, 0.3) is 0 Å². The van der Waals surface area contributed by atoms with Crippen LogP contribution in [-0.4, -0.2) is 30.3 Å². The highest BCUT2D eigenvalue weighted by atomic mass is 35.5. The van der Waals surface area contributed by atoms with Crippen LogP contribution in [0.2, 0.25) is 0 Å². The first-order valence-electron chi connectivity index (χ1n) is 5.90. The Morgan fingerprint density at radius 3 is 2.74 bits per heavy atom. The molecule has 110 valence electrons. The Morgan fingerprint density at radius 2 is 2.26 bits per heavy atom. The lowest BCUT2D eigenvalue weighted by atomic mass is 9.88. The van der Waals surface area contributed by atoms with Crippen LogP contribution in [0.3, 0.4) is 0 Å². The molecule has 0 aromatic carbocycles. The molecule has 0 saturated carbocycles. The minimum absolute atomic E-state index is 0. The number of ether oxygens (including phenoxy) is 1. The van der Waals surface area contributed by atoms with Crippen molar-refractivity contribution in [2.45, 2.75) is 32.9 Å². The SMILES string of the molecule is COCc1cc(C(=O)NC(C)(CN)C(C)C)no1.Cl. The zero-order chi connectivity index (χ0) is 13.8. The summed E-state index contributed by atoms with van der Waals surface area (Å²) in [7, 11) is 1.55. The molecule has 1 heterocycles. The molecule has 1 aromatic rings. The molecule has 6 nitrogen and oxygen atoms in total. The summed E-state index contributed by atoms with van der Waals surface area (Å²) in [4.78, 5) is 12.0. The zero-order valence-corrected chi connectivity index (χ0v) is 12.5. The van der Waals surface area contributed by atoms with Gasteiger partial charge in [-0.2, -0.15) is 0 Å². The van der Waals surface area contributed by atoms with Crippen molar-refractivity contribution in [3.05, 3.63) is 17.5 Å². The minimum atomic E-state index is -0.461. The van der Waals surface area contributed by atoms with Gasteiger partial charge in [-0.1, -0.05) is 19.0 Å². The van der Waals surface area contributed by atoms with Gasteiger partial charge in [0.15, 0.2) is 11.5 Å². The van der Waals surface area contributed by atoms with Crippen LogP contribution in [0.15, 0.2) is 10.6 Å². The number of nitrogens with two attached hydrogens (primary N) is 1. The van der Waals surface area contributed by atoms with Crippen molar-refractivity contribution in [2.75, 3.05) is 13.7 Å². The van der Waals surface area contributed by atoms with E-state index in [1.54, 1.807) is 13.2 Å². The van der Waals surface area contributed by atoms with E-state index in [2.05, 4.69) is 10.5 Å². The molecule has 0 aliphatic rings. The molecule has 1 rings (SSSR count). The van der Waals surface area contributed by atoms with Crippen LogP contribution in [0.5, 0.6) is 0 Å². The summed E-state index contributed by atoms with van der Waals surface area (Å²) < 4.78 is 9.86. The molecule has 1 atom stereocenters. The first kappa shape index (κ1) is 17.9. The standard InChI is InChI=1S/C12H21N3O3.ClH/c1-8(2)12(3,7-13)14-11(16)10-5-9(6-17-4)18-15-10;/h5,8H,6-7,13H2,1-4H3,(H,14,16);1H. The molecule has 0 saturated heterocycles. The summed E-state index contributed by atoms with van der Waals surface area (Å²) in [6.07, 6.45) is 0. The molecule has 19 heavy (non-hydrogen) atoms. The van der Waals surface area contributed by atoms with Gasteiger partial charge in [-0.3, -0.25) is 4.79 Å². The average molecular weight is 292 g/mol. The van der Waals surface area contributed by atoms with Crippen molar-refractivity contribution in [1.82, 2.24) is 10.5 Å². The van der Waals surface area contributed by atoms with Crippen molar-refractivity contribution in [2.24, 2.45) is 11.7 Å². The maximum atomic E-state index is 12.0. The van der Waals surface area contributed by atoms with Gasteiger partial charge in [-0.15, -0.1) is 12.4 Å². The van der Waals surface area contributed by atoms with Crippen molar-refractivity contribution in [1.29, 1.82) is 0 Å².